The van der Waals surface area contributed by atoms with Crippen molar-refractivity contribution in [3.8, 4) is 5.75 Å². The Bertz CT molecular complexity index is 1080. The summed E-state index contributed by atoms with van der Waals surface area (Å²) in [4.78, 5) is 21.4. The molecule has 154 valence electrons. The van der Waals surface area contributed by atoms with Crippen LogP contribution in [0.1, 0.15) is 5.56 Å². The average molecular weight is 407 g/mol. The summed E-state index contributed by atoms with van der Waals surface area (Å²) in [5.41, 5.74) is 2.43. The second kappa shape index (κ2) is 7.91. The molecule has 3 heterocycles. The molecule has 0 aliphatic carbocycles. The predicted molar refractivity (Wildman–Crippen MR) is 111 cm³/mol. The molecule has 0 saturated carbocycles. The summed E-state index contributed by atoms with van der Waals surface area (Å²) in [6.45, 7) is 3.04. The number of hydrogen-bond donors (Lipinski definition) is 0. The number of rotatable bonds is 3. The number of amides is 1. The van der Waals surface area contributed by atoms with Gasteiger partial charge >= 0.3 is 0 Å². The standard InChI is InChI=1S/C23H22FN3O3/c24-18-12-16-4-3-7-25-22(16)17(13-18)14-27-15-21(23(28)26-8-10-29-11-9-26)30-20-6-2-1-5-19(20)27/h1-7,12-13,21H,8-11,14-15H2. The molecule has 0 radical (unpaired) electrons. The highest BCUT2D eigenvalue weighted by Crippen LogP contribution is 2.35. The van der Waals surface area contributed by atoms with Crippen molar-refractivity contribution in [1.29, 1.82) is 0 Å². The molecular formula is C23H22FN3O3. The van der Waals surface area contributed by atoms with Gasteiger partial charge in [-0.3, -0.25) is 9.78 Å². The van der Waals surface area contributed by atoms with E-state index < -0.39 is 6.10 Å². The molecule has 2 aliphatic rings. The van der Waals surface area contributed by atoms with E-state index in [4.69, 9.17) is 9.47 Å². The first-order chi connectivity index (χ1) is 14.7. The largest absolute Gasteiger partial charge is 0.477 e. The van der Waals surface area contributed by atoms with Crippen LogP contribution in [0.4, 0.5) is 10.1 Å². The van der Waals surface area contributed by atoms with Crippen molar-refractivity contribution in [1.82, 2.24) is 9.88 Å². The van der Waals surface area contributed by atoms with Crippen LogP contribution >= 0.6 is 0 Å². The average Bonchev–Trinajstić information content (AvgIpc) is 2.79. The Morgan fingerprint density at radius 3 is 2.83 bits per heavy atom. The Kier molecular flexibility index (Phi) is 4.96. The van der Waals surface area contributed by atoms with E-state index in [1.54, 1.807) is 17.2 Å². The zero-order valence-corrected chi connectivity index (χ0v) is 16.5. The van der Waals surface area contributed by atoms with E-state index in [-0.39, 0.29) is 11.7 Å². The molecule has 1 fully saturated rings. The Balaban J connectivity index is 1.47. The van der Waals surface area contributed by atoms with E-state index in [1.165, 1.54) is 12.1 Å². The molecule has 2 aromatic carbocycles. The van der Waals surface area contributed by atoms with Gasteiger partial charge in [-0.25, -0.2) is 4.39 Å². The normalized spacial score (nSPS) is 18.8. The fourth-order valence-electron chi connectivity index (χ4n) is 4.13. The quantitative estimate of drug-likeness (QED) is 0.668. The number of morpholine rings is 1. The molecule has 7 heteroatoms. The van der Waals surface area contributed by atoms with Crippen molar-refractivity contribution >= 4 is 22.5 Å². The molecule has 1 saturated heterocycles. The van der Waals surface area contributed by atoms with Crippen LogP contribution < -0.4 is 9.64 Å². The van der Waals surface area contributed by atoms with Gasteiger partial charge in [0, 0.05) is 36.8 Å². The van der Waals surface area contributed by atoms with E-state index in [0.29, 0.717) is 45.1 Å². The first kappa shape index (κ1) is 18.8. The topological polar surface area (TPSA) is 54.9 Å². The van der Waals surface area contributed by atoms with Crippen LogP contribution in [-0.4, -0.2) is 54.7 Å². The van der Waals surface area contributed by atoms with Gasteiger partial charge in [0.2, 0.25) is 0 Å². The first-order valence-electron chi connectivity index (χ1n) is 10.1. The van der Waals surface area contributed by atoms with Crippen LogP contribution in [0.25, 0.3) is 10.9 Å². The zero-order valence-electron chi connectivity index (χ0n) is 16.5. The Morgan fingerprint density at radius 2 is 1.97 bits per heavy atom. The lowest BCUT2D eigenvalue weighted by molar-refractivity contribution is -0.142. The number of anilines is 1. The molecule has 1 unspecified atom stereocenters. The number of hydrogen-bond acceptors (Lipinski definition) is 5. The number of carbonyl (C=O) groups is 1. The van der Waals surface area contributed by atoms with Crippen LogP contribution in [-0.2, 0) is 16.1 Å². The van der Waals surface area contributed by atoms with Crippen LogP contribution in [0.2, 0.25) is 0 Å². The predicted octanol–water partition coefficient (Wildman–Crippen LogP) is 3.00. The molecule has 0 bridgehead atoms. The van der Waals surface area contributed by atoms with Gasteiger partial charge in [0.25, 0.3) is 5.91 Å². The lowest BCUT2D eigenvalue weighted by Gasteiger charge is -2.38. The maximum atomic E-state index is 14.3. The van der Waals surface area contributed by atoms with Gasteiger partial charge in [-0.05, 0) is 30.3 Å². The molecule has 2 aliphatic heterocycles. The van der Waals surface area contributed by atoms with Crippen LogP contribution in [0.15, 0.2) is 54.7 Å². The van der Waals surface area contributed by atoms with Crippen LogP contribution in [0.5, 0.6) is 5.75 Å². The number of halogens is 1. The maximum absolute atomic E-state index is 14.3. The minimum absolute atomic E-state index is 0.0416. The van der Waals surface area contributed by atoms with Gasteiger partial charge in [0.05, 0.1) is 31.0 Å². The minimum atomic E-state index is -0.620. The molecule has 6 nitrogen and oxygen atoms in total. The van der Waals surface area contributed by atoms with Crippen molar-refractivity contribution in [3.05, 3.63) is 66.1 Å². The van der Waals surface area contributed by atoms with Gasteiger partial charge in [0.1, 0.15) is 11.6 Å². The van der Waals surface area contributed by atoms with Gasteiger partial charge in [-0.1, -0.05) is 18.2 Å². The lowest BCUT2D eigenvalue weighted by atomic mass is 10.1. The Labute approximate surface area is 173 Å². The van der Waals surface area contributed by atoms with Gasteiger partial charge in [0.15, 0.2) is 6.10 Å². The molecule has 30 heavy (non-hydrogen) atoms. The molecule has 5 rings (SSSR count). The highest BCUT2D eigenvalue weighted by Gasteiger charge is 2.34. The minimum Gasteiger partial charge on any atom is -0.477 e. The fourth-order valence-corrected chi connectivity index (χ4v) is 4.13. The lowest BCUT2D eigenvalue weighted by Crippen LogP contribution is -2.52. The molecule has 1 amide bonds. The molecule has 0 spiro atoms. The van der Waals surface area contributed by atoms with Crippen LogP contribution in [0, 0.1) is 5.82 Å². The number of para-hydroxylation sites is 2. The van der Waals surface area contributed by atoms with E-state index in [9.17, 15) is 9.18 Å². The second-order valence-corrected chi connectivity index (χ2v) is 7.53. The summed E-state index contributed by atoms with van der Waals surface area (Å²) in [5, 5.41) is 0.759. The van der Waals surface area contributed by atoms with Crippen molar-refractivity contribution in [2.75, 3.05) is 37.7 Å². The molecular weight excluding hydrogens is 385 g/mol. The summed E-state index contributed by atoms with van der Waals surface area (Å²) >= 11 is 0. The molecule has 0 N–H and O–H groups in total. The number of fused-ring (bicyclic) bond motifs is 2. The second-order valence-electron chi connectivity index (χ2n) is 7.53. The highest BCUT2D eigenvalue weighted by molar-refractivity contribution is 5.84. The van der Waals surface area contributed by atoms with E-state index in [2.05, 4.69) is 9.88 Å². The smallest absolute Gasteiger partial charge is 0.265 e. The van der Waals surface area contributed by atoms with E-state index in [1.807, 2.05) is 30.3 Å². The number of pyridine rings is 1. The summed E-state index contributed by atoms with van der Waals surface area (Å²) in [5.74, 6) is 0.317. The van der Waals surface area contributed by atoms with Crippen LogP contribution in [0.3, 0.4) is 0 Å². The molecule has 1 aromatic heterocycles. The Hall–Kier alpha value is -3.19. The van der Waals surface area contributed by atoms with E-state index >= 15 is 0 Å². The number of carbonyl (C=O) groups excluding carboxylic acids is 1. The SMILES string of the molecule is O=C(C1CN(Cc2cc(F)cc3cccnc23)c2ccccc2O1)N1CCOCC1. The number of nitrogens with zero attached hydrogens (tertiary/aromatic N) is 3. The van der Waals surface area contributed by atoms with Gasteiger partial charge in [-0.2, -0.15) is 0 Å². The highest BCUT2D eigenvalue weighted by atomic mass is 19.1. The van der Waals surface area contributed by atoms with Crippen molar-refractivity contribution in [2.24, 2.45) is 0 Å². The zero-order chi connectivity index (χ0) is 20.5. The van der Waals surface area contributed by atoms with Gasteiger partial charge < -0.3 is 19.3 Å². The molecule has 1 atom stereocenters. The summed E-state index contributed by atoms with van der Waals surface area (Å²) in [6, 6.07) is 14.3. The summed E-state index contributed by atoms with van der Waals surface area (Å²) in [7, 11) is 0. The summed E-state index contributed by atoms with van der Waals surface area (Å²) in [6.07, 6.45) is 1.09. The monoisotopic (exact) mass is 407 g/mol. The number of ether oxygens (including phenoxy) is 2. The number of aromatic nitrogens is 1. The first-order valence-corrected chi connectivity index (χ1v) is 10.1. The Morgan fingerprint density at radius 1 is 1.13 bits per heavy atom. The maximum Gasteiger partial charge on any atom is 0.265 e. The number of benzene rings is 2. The third-order valence-electron chi connectivity index (χ3n) is 5.57. The third-order valence-corrected chi connectivity index (χ3v) is 5.57. The third kappa shape index (κ3) is 3.57. The molecule has 3 aromatic rings. The van der Waals surface area contributed by atoms with E-state index in [0.717, 1.165) is 22.2 Å². The van der Waals surface area contributed by atoms with Gasteiger partial charge in [-0.15, -0.1) is 0 Å². The van der Waals surface area contributed by atoms with Crippen molar-refractivity contribution in [3.63, 3.8) is 0 Å². The van der Waals surface area contributed by atoms with Crippen molar-refractivity contribution in [2.45, 2.75) is 12.6 Å². The van der Waals surface area contributed by atoms with Crippen molar-refractivity contribution < 1.29 is 18.7 Å². The summed E-state index contributed by atoms with van der Waals surface area (Å²) < 4.78 is 25.7. The fraction of sp³-hybridized carbons (Fsp3) is 0.304.